The van der Waals surface area contributed by atoms with E-state index < -0.39 is 0 Å². The highest BCUT2D eigenvalue weighted by Crippen LogP contribution is 2.12. The molecule has 0 rings (SSSR count). The van der Waals surface area contributed by atoms with Gasteiger partial charge < -0.3 is 10.1 Å². The Labute approximate surface area is 87.2 Å². The maximum Gasteiger partial charge on any atom is 0.207 e. The molecule has 0 bridgehead atoms. The summed E-state index contributed by atoms with van der Waals surface area (Å²) in [6, 6.07) is 0. The normalized spacial score (nSPS) is 13.7. The van der Waals surface area contributed by atoms with Crippen LogP contribution in [-0.2, 0) is 9.53 Å². The van der Waals surface area contributed by atoms with Crippen LogP contribution in [0.3, 0.4) is 0 Å². The Hall–Kier alpha value is -0.570. The fourth-order valence-electron chi connectivity index (χ4n) is 1.09. The van der Waals surface area contributed by atoms with Gasteiger partial charge in [0.15, 0.2) is 0 Å². The van der Waals surface area contributed by atoms with Gasteiger partial charge in [-0.25, -0.2) is 0 Å². The molecule has 1 amide bonds. The number of hydrogen-bond donors (Lipinski definition) is 1. The van der Waals surface area contributed by atoms with Crippen molar-refractivity contribution in [1.82, 2.24) is 5.32 Å². The molecular formula is C11H23NO2. The predicted molar refractivity (Wildman–Crippen MR) is 58.2 cm³/mol. The minimum atomic E-state index is -0.0463. The molecule has 0 fully saturated rings. The fourth-order valence-corrected chi connectivity index (χ4v) is 1.09. The number of amides is 1. The fraction of sp³-hybridized carbons (Fsp3) is 0.909. The molecule has 3 heteroatoms. The van der Waals surface area contributed by atoms with Crippen molar-refractivity contribution in [2.45, 2.75) is 46.1 Å². The molecule has 1 unspecified atom stereocenters. The van der Waals surface area contributed by atoms with Crippen molar-refractivity contribution in [3.63, 3.8) is 0 Å². The van der Waals surface area contributed by atoms with Crippen LogP contribution in [-0.4, -0.2) is 25.2 Å². The summed E-state index contributed by atoms with van der Waals surface area (Å²) in [5.41, 5.74) is -0.0463. The zero-order chi connectivity index (χ0) is 11.0. The first-order valence-electron chi connectivity index (χ1n) is 5.26. The van der Waals surface area contributed by atoms with E-state index in [4.69, 9.17) is 4.74 Å². The van der Waals surface area contributed by atoms with E-state index in [-0.39, 0.29) is 5.60 Å². The van der Waals surface area contributed by atoms with Crippen molar-refractivity contribution >= 4 is 6.41 Å². The second-order valence-electron chi connectivity index (χ2n) is 4.74. The summed E-state index contributed by atoms with van der Waals surface area (Å²) < 4.78 is 5.66. The first-order valence-corrected chi connectivity index (χ1v) is 5.26. The summed E-state index contributed by atoms with van der Waals surface area (Å²) in [5.74, 6) is 0.558. The molecule has 1 N–H and O–H groups in total. The zero-order valence-corrected chi connectivity index (χ0v) is 9.80. The monoisotopic (exact) mass is 201 g/mol. The number of nitrogens with one attached hydrogen (secondary N) is 1. The van der Waals surface area contributed by atoms with E-state index in [2.05, 4.69) is 33.0 Å². The molecule has 0 aromatic rings. The van der Waals surface area contributed by atoms with Crippen molar-refractivity contribution < 1.29 is 9.53 Å². The van der Waals surface area contributed by atoms with Gasteiger partial charge in [0.05, 0.1) is 5.60 Å². The SMILES string of the molecule is CC(CCCNC=O)COC(C)(C)C. The molecule has 0 aliphatic rings. The van der Waals surface area contributed by atoms with Gasteiger partial charge in [0.1, 0.15) is 0 Å². The van der Waals surface area contributed by atoms with Crippen LogP contribution >= 0.6 is 0 Å². The summed E-state index contributed by atoms with van der Waals surface area (Å²) in [5, 5.41) is 2.65. The van der Waals surface area contributed by atoms with E-state index in [0.717, 1.165) is 32.4 Å². The van der Waals surface area contributed by atoms with Crippen LogP contribution in [0.2, 0.25) is 0 Å². The minimum Gasteiger partial charge on any atom is -0.376 e. The summed E-state index contributed by atoms with van der Waals surface area (Å²) in [6.07, 6.45) is 2.86. The van der Waals surface area contributed by atoms with Gasteiger partial charge in [-0.05, 0) is 39.5 Å². The van der Waals surface area contributed by atoms with E-state index in [9.17, 15) is 4.79 Å². The quantitative estimate of drug-likeness (QED) is 0.505. The van der Waals surface area contributed by atoms with Gasteiger partial charge in [-0.3, -0.25) is 4.79 Å². The Morgan fingerprint density at radius 1 is 1.43 bits per heavy atom. The molecule has 0 saturated heterocycles. The van der Waals surface area contributed by atoms with Crippen molar-refractivity contribution in [2.24, 2.45) is 5.92 Å². The molecule has 0 heterocycles. The number of hydrogen-bond acceptors (Lipinski definition) is 2. The zero-order valence-electron chi connectivity index (χ0n) is 9.80. The Morgan fingerprint density at radius 2 is 2.07 bits per heavy atom. The van der Waals surface area contributed by atoms with E-state index in [1.807, 2.05) is 0 Å². The molecule has 84 valence electrons. The first kappa shape index (κ1) is 13.4. The number of ether oxygens (including phenoxy) is 1. The molecular weight excluding hydrogens is 178 g/mol. The molecule has 0 aromatic heterocycles. The van der Waals surface area contributed by atoms with E-state index >= 15 is 0 Å². The maximum atomic E-state index is 9.97. The lowest BCUT2D eigenvalue weighted by Crippen LogP contribution is -2.23. The second kappa shape index (κ2) is 6.82. The largest absolute Gasteiger partial charge is 0.376 e. The lowest BCUT2D eigenvalue weighted by atomic mass is 10.1. The van der Waals surface area contributed by atoms with Crippen LogP contribution < -0.4 is 5.32 Å². The van der Waals surface area contributed by atoms with Gasteiger partial charge in [0, 0.05) is 13.2 Å². The van der Waals surface area contributed by atoms with Gasteiger partial charge in [0.25, 0.3) is 0 Å². The lowest BCUT2D eigenvalue weighted by molar-refractivity contribution is -0.109. The highest BCUT2D eigenvalue weighted by atomic mass is 16.5. The van der Waals surface area contributed by atoms with Crippen LogP contribution in [0.25, 0.3) is 0 Å². The van der Waals surface area contributed by atoms with Crippen LogP contribution in [0.5, 0.6) is 0 Å². The van der Waals surface area contributed by atoms with Gasteiger partial charge >= 0.3 is 0 Å². The molecule has 0 radical (unpaired) electrons. The molecule has 0 saturated carbocycles. The predicted octanol–water partition coefficient (Wildman–Crippen LogP) is 1.96. The number of carbonyl (C=O) groups is 1. The summed E-state index contributed by atoms with van der Waals surface area (Å²) >= 11 is 0. The number of carbonyl (C=O) groups excluding carboxylic acids is 1. The van der Waals surface area contributed by atoms with E-state index in [1.54, 1.807) is 0 Å². The van der Waals surface area contributed by atoms with Gasteiger partial charge in [-0.15, -0.1) is 0 Å². The van der Waals surface area contributed by atoms with E-state index in [0.29, 0.717) is 5.92 Å². The van der Waals surface area contributed by atoms with Gasteiger partial charge in [-0.2, -0.15) is 0 Å². The third kappa shape index (κ3) is 9.52. The summed E-state index contributed by atoms with van der Waals surface area (Å²) in [4.78, 5) is 9.97. The second-order valence-corrected chi connectivity index (χ2v) is 4.74. The Bertz CT molecular complexity index is 152. The van der Waals surface area contributed by atoms with Gasteiger partial charge in [-0.1, -0.05) is 6.92 Å². The number of rotatable bonds is 7. The molecule has 0 aliphatic carbocycles. The molecule has 14 heavy (non-hydrogen) atoms. The van der Waals surface area contributed by atoms with Crippen molar-refractivity contribution in [3.05, 3.63) is 0 Å². The molecule has 0 spiro atoms. The van der Waals surface area contributed by atoms with Crippen LogP contribution in [0, 0.1) is 5.92 Å². The Kier molecular flexibility index (Phi) is 6.54. The summed E-state index contributed by atoms with van der Waals surface area (Å²) in [7, 11) is 0. The van der Waals surface area contributed by atoms with Gasteiger partial charge in [0.2, 0.25) is 6.41 Å². The highest BCUT2D eigenvalue weighted by Gasteiger charge is 2.12. The van der Waals surface area contributed by atoms with E-state index in [1.165, 1.54) is 0 Å². The average Bonchev–Trinajstić information content (AvgIpc) is 2.08. The third-order valence-electron chi connectivity index (χ3n) is 1.90. The highest BCUT2D eigenvalue weighted by molar-refractivity contribution is 5.45. The molecule has 0 aliphatic heterocycles. The van der Waals surface area contributed by atoms with Crippen molar-refractivity contribution in [1.29, 1.82) is 0 Å². The molecule has 1 atom stereocenters. The summed E-state index contributed by atoms with van der Waals surface area (Å²) in [6.45, 7) is 9.93. The standard InChI is InChI=1S/C11H23NO2/c1-10(6-5-7-12-9-13)8-14-11(2,3)4/h9-10H,5-8H2,1-4H3,(H,12,13). The van der Waals surface area contributed by atoms with Crippen molar-refractivity contribution in [3.8, 4) is 0 Å². The maximum absolute atomic E-state index is 9.97. The smallest absolute Gasteiger partial charge is 0.207 e. The Balaban J connectivity index is 3.36. The molecule has 3 nitrogen and oxygen atoms in total. The Morgan fingerprint density at radius 3 is 2.57 bits per heavy atom. The minimum absolute atomic E-state index is 0.0463. The third-order valence-corrected chi connectivity index (χ3v) is 1.90. The molecule has 0 aromatic carbocycles. The van der Waals surface area contributed by atoms with Crippen LogP contribution in [0.4, 0.5) is 0 Å². The first-order chi connectivity index (χ1) is 6.45. The topological polar surface area (TPSA) is 38.3 Å². The lowest BCUT2D eigenvalue weighted by Gasteiger charge is -2.22. The van der Waals surface area contributed by atoms with Crippen LogP contribution in [0.1, 0.15) is 40.5 Å². The van der Waals surface area contributed by atoms with Crippen molar-refractivity contribution in [2.75, 3.05) is 13.2 Å². The average molecular weight is 201 g/mol. The van der Waals surface area contributed by atoms with Crippen LogP contribution in [0.15, 0.2) is 0 Å².